The molecule has 2 heteroatoms. The number of aryl methyl sites for hydroxylation is 1. The standard InChI is InChI=1S/C18H18N2/c1-5-15-11-12-19-18(17(15)6-2)14(4)20-16-9-7-13(3)8-10-16/h5-12,20H,1-2,4H2,3H3. The largest absolute Gasteiger partial charge is 0.354 e. The zero-order valence-corrected chi connectivity index (χ0v) is 11.7. The Bertz CT molecular complexity index is 652. The van der Waals surface area contributed by atoms with E-state index in [1.54, 1.807) is 18.3 Å². The smallest absolute Gasteiger partial charge is 0.0936 e. The summed E-state index contributed by atoms with van der Waals surface area (Å²) in [5, 5.41) is 3.27. The van der Waals surface area contributed by atoms with Gasteiger partial charge in [-0.05, 0) is 30.7 Å². The van der Waals surface area contributed by atoms with Crippen LogP contribution in [0.5, 0.6) is 0 Å². The molecule has 100 valence electrons. The van der Waals surface area contributed by atoms with E-state index >= 15 is 0 Å². The third kappa shape index (κ3) is 2.86. The molecule has 0 aliphatic heterocycles. The lowest BCUT2D eigenvalue weighted by Gasteiger charge is -2.13. The van der Waals surface area contributed by atoms with E-state index in [2.05, 4.69) is 49.1 Å². The normalized spacial score (nSPS) is 9.85. The monoisotopic (exact) mass is 262 g/mol. The van der Waals surface area contributed by atoms with Gasteiger partial charge in [-0.1, -0.05) is 49.6 Å². The van der Waals surface area contributed by atoms with E-state index in [9.17, 15) is 0 Å². The Balaban J connectivity index is 2.31. The molecule has 1 aromatic heterocycles. The van der Waals surface area contributed by atoms with E-state index in [-0.39, 0.29) is 0 Å². The number of anilines is 1. The Kier molecular flexibility index (Phi) is 4.16. The van der Waals surface area contributed by atoms with Gasteiger partial charge in [0.25, 0.3) is 0 Å². The van der Waals surface area contributed by atoms with Crippen molar-refractivity contribution in [1.29, 1.82) is 0 Å². The van der Waals surface area contributed by atoms with Gasteiger partial charge < -0.3 is 5.32 Å². The van der Waals surface area contributed by atoms with Crippen LogP contribution >= 0.6 is 0 Å². The average molecular weight is 262 g/mol. The highest BCUT2D eigenvalue weighted by Crippen LogP contribution is 2.23. The van der Waals surface area contributed by atoms with Gasteiger partial charge in [-0.2, -0.15) is 0 Å². The molecule has 2 aromatic rings. The predicted molar refractivity (Wildman–Crippen MR) is 88.3 cm³/mol. The first-order valence-electron chi connectivity index (χ1n) is 6.42. The van der Waals surface area contributed by atoms with Crippen molar-refractivity contribution in [3.05, 3.63) is 78.6 Å². The second-order valence-electron chi connectivity index (χ2n) is 4.54. The van der Waals surface area contributed by atoms with E-state index < -0.39 is 0 Å². The van der Waals surface area contributed by atoms with Crippen LogP contribution < -0.4 is 5.32 Å². The molecule has 0 saturated heterocycles. The van der Waals surface area contributed by atoms with Crippen molar-refractivity contribution in [3.8, 4) is 0 Å². The van der Waals surface area contributed by atoms with Gasteiger partial charge in [-0.3, -0.25) is 4.98 Å². The Hall–Kier alpha value is -2.61. The SMILES string of the molecule is C=Cc1ccnc(C(=C)Nc2ccc(C)cc2)c1C=C. The minimum Gasteiger partial charge on any atom is -0.354 e. The summed E-state index contributed by atoms with van der Waals surface area (Å²) < 4.78 is 0. The van der Waals surface area contributed by atoms with Crippen molar-refractivity contribution >= 4 is 23.5 Å². The molecule has 20 heavy (non-hydrogen) atoms. The molecule has 0 radical (unpaired) electrons. The first-order chi connectivity index (χ1) is 9.65. The van der Waals surface area contributed by atoms with E-state index in [1.807, 2.05) is 18.2 Å². The van der Waals surface area contributed by atoms with Crippen molar-refractivity contribution in [2.45, 2.75) is 6.92 Å². The third-order valence-corrected chi connectivity index (χ3v) is 3.08. The number of pyridine rings is 1. The number of hydrogen-bond donors (Lipinski definition) is 1. The summed E-state index contributed by atoms with van der Waals surface area (Å²) in [6, 6.07) is 10.1. The van der Waals surface area contributed by atoms with Crippen LogP contribution in [-0.2, 0) is 0 Å². The van der Waals surface area contributed by atoms with Gasteiger partial charge in [0.15, 0.2) is 0 Å². The Labute approximate surface area is 120 Å². The highest BCUT2D eigenvalue weighted by Gasteiger charge is 2.08. The number of benzene rings is 1. The number of aromatic nitrogens is 1. The molecule has 0 saturated carbocycles. The maximum Gasteiger partial charge on any atom is 0.0936 e. The molecule has 2 rings (SSSR count). The van der Waals surface area contributed by atoms with Crippen LogP contribution in [0.1, 0.15) is 22.4 Å². The fourth-order valence-electron chi connectivity index (χ4n) is 1.99. The van der Waals surface area contributed by atoms with E-state index in [4.69, 9.17) is 0 Å². The van der Waals surface area contributed by atoms with E-state index in [0.717, 1.165) is 28.2 Å². The first-order valence-corrected chi connectivity index (χ1v) is 6.42. The maximum atomic E-state index is 4.39. The number of hydrogen-bond acceptors (Lipinski definition) is 2. The Morgan fingerprint density at radius 3 is 2.40 bits per heavy atom. The van der Waals surface area contributed by atoms with Crippen molar-refractivity contribution in [1.82, 2.24) is 4.98 Å². The van der Waals surface area contributed by atoms with Crippen LogP contribution in [0.3, 0.4) is 0 Å². The molecule has 1 N–H and O–H groups in total. The highest BCUT2D eigenvalue weighted by molar-refractivity contribution is 5.81. The quantitative estimate of drug-likeness (QED) is 0.840. The van der Waals surface area contributed by atoms with Gasteiger partial charge >= 0.3 is 0 Å². The van der Waals surface area contributed by atoms with Crippen molar-refractivity contribution in [3.63, 3.8) is 0 Å². The maximum absolute atomic E-state index is 4.39. The minimum absolute atomic E-state index is 0.743. The predicted octanol–water partition coefficient (Wildman–Crippen LogP) is 4.76. The van der Waals surface area contributed by atoms with E-state index in [1.165, 1.54) is 5.56 Å². The lowest BCUT2D eigenvalue weighted by atomic mass is 10.0. The second-order valence-corrected chi connectivity index (χ2v) is 4.54. The lowest BCUT2D eigenvalue weighted by Crippen LogP contribution is -2.03. The Morgan fingerprint density at radius 2 is 1.80 bits per heavy atom. The fourth-order valence-corrected chi connectivity index (χ4v) is 1.99. The molecule has 0 spiro atoms. The van der Waals surface area contributed by atoms with Crippen LogP contribution in [0, 0.1) is 6.92 Å². The molecule has 0 amide bonds. The van der Waals surface area contributed by atoms with E-state index in [0.29, 0.717) is 0 Å². The Morgan fingerprint density at radius 1 is 1.10 bits per heavy atom. The molecule has 0 atom stereocenters. The highest BCUT2D eigenvalue weighted by atomic mass is 14.9. The number of rotatable bonds is 5. The first kappa shape index (κ1) is 13.8. The van der Waals surface area contributed by atoms with Crippen LogP contribution in [-0.4, -0.2) is 4.98 Å². The zero-order chi connectivity index (χ0) is 14.5. The summed E-state index contributed by atoms with van der Waals surface area (Å²) in [6.45, 7) is 13.8. The fraction of sp³-hybridized carbons (Fsp3) is 0.0556. The molecule has 0 unspecified atom stereocenters. The molecule has 0 aliphatic rings. The summed E-state index contributed by atoms with van der Waals surface area (Å²) >= 11 is 0. The van der Waals surface area contributed by atoms with Crippen molar-refractivity contribution in [2.75, 3.05) is 5.32 Å². The summed E-state index contributed by atoms with van der Waals surface area (Å²) in [7, 11) is 0. The molecular weight excluding hydrogens is 244 g/mol. The van der Waals surface area contributed by atoms with Crippen LogP contribution in [0.2, 0.25) is 0 Å². The topological polar surface area (TPSA) is 24.9 Å². The van der Waals surface area contributed by atoms with Gasteiger partial charge in [0.05, 0.1) is 11.4 Å². The number of nitrogens with zero attached hydrogens (tertiary/aromatic N) is 1. The van der Waals surface area contributed by atoms with Gasteiger partial charge in [0.2, 0.25) is 0 Å². The lowest BCUT2D eigenvalue weighted by molar-refractivity contribution is 1.25. The summed E-state index contributed by atoms with van der Waals surface area (Å²) in [6.07, 6.45) is 5.32. The van der Waals surface area contributed by atoms with Crippen molar-refractivity contribution in [2.24, 2.45) is 0 Å². The molecule has 0 bridgehead atoms. The summed E-state index contributed by atoms with van der Waals surface area (Å²) in [4.78, 5) is 4.39. The molecular formula is C18H18N2. The van der Waals surface area contributed by atoms with Crippen LogP contribution in [0.15, 0.2) is 56.3 Å². The van der Waals surface area contributed by atoms with Gasteiger partial charge in [0, 0.05) is 17.4 Å². The molecule has 1 aromatic carbocycles. The van der Waals surface area contributed by atoms with Crippen molar-refractivity contribution < 1.29 is 0 Å². The van der Waals surface area contributed by atoms with Crippen LogP contribution in [0.4, 0.5) is 5.69 Å². The molecule has 1 heterocycles. The zero-order valence-electron chi connectivity index (χ0n) is 11.7. The minimum atomic E-state index is 0.743. The molecule has 0 fully saturated rings. The number of nitrogens with one attached hydrogen (secondary N) is 1. The van der Waals surface area contributed by atoms with Gasteiger partial charge in [0.1, 0.15) is 0 Å². The summed E-state index contributed by atoms with van der Waals surface area (Å²) in [5.41, 5.74) is 5.68. The molecule has 2 nitrogen and oxygen atoms in total. The van der Waals surface area contributed by atoms with Crippen LogP contribution in [0.25, 0.3) is 17.8 Å². The second kappa shape index (κ2) is 6.02. The van der Waals surface area contributed by atoms with Gasteiger partial charge in [-0.15, -0.1) is 0 Å². The summed E-state index contributed by atoms with van der Waals surface area (Å²) in [5.74, 6) is 0. The van der Waals surface area contributed by atoms with Gasteiger partial charge in [-0.25, -0.2) is 0 Å². The molecule has 0 aliphatic carbocycles. The average Bonchev–Trinajstić information content (AvgIpc) is 2.48. The third-order valence-electron chi connectivity index (χ3n) is 3.08.